The summed E-state index contributed by atoms with van der Waals surface area (Å²) in [6, 6.07) is 13.5. The average Bonchev–Trinajstić information content (AvgIpc) is 2.94. The summed E-state index contributed by atoms with van der Waals surface area (Å²) in [5, 5.41) is 2.99. The maximum Gasteiger partial charge on any atom is 0.255 e. The first-order valence-corrected chi connectivity index (χ1v) is 7.80. The molecule has 0 radical (unpaired) electrons. The molecule has 0 spiro atoms. The van der Waals surface area contributed by atoms with Crippen molar-refractivity contribution >= 4 is 27.5 Å². The quantitative estimate of drug-likeness (QED) is 0.836. The lowest BCUT2D eigenvalue weighted by molar-refractivity contribution is 0.102. The van der Waals surface area contributed by atoms with Crippen LogP contribution in [0.2, 0.25) is 0 Å². The number of hydrogen-bond donors (Lipinski definition) is 1. The Morgan fingerprint density at radius 2 is 1.95 bits per heavy atom. The summed E-state index contributed by atoms with van der Waals surface area (Å²) in [6.07, 6.45) is 0. The van der Waals surface area contributed by atoms with E-state index in [9.17, 15) is 4.79 Å². The third kappa shape index (κ3) is 3.01. The molecule has 1 N–H and O–H groups in total. The average molecular weight is 346 g/mol. The van der Waals surface area contributed by atoms with Gasteiger partial charge in [0.15, 0.2) is 0 Å². The molecule has 0 aromatic heterocycles. The first-order chi connectivity index (χ1) is 10.1. The Morgan fingerprint density at radius 1 is 1.19 bits per heavy atom. The number of anilines is 1. The number of ether oxygens (including phenoxy) is 1. The molecule has 1 heterocycles. The zero-order chi connectivity index (χ0) is 14.8. The van der Waals surface area contributed by atoms with Crippen molar-refractivity contribution in [3.05, 3.63) is 64.7 Å². The normalized spacial score (nSPS) is 14.6. The molecule has 1 aliphatic heterocycles. The van der Waals surface area contributed by atoms with E-state index in [4.69, 9.17) is 4.74 Å². The Labute approximate surface area is 132 Å². The van der Waals surface area contributed by atoms with E-state index in [-0.39, 0.29) is 10.7 Å². The highest BCUT2D eigenvalue weighted by Gasteiger charge is 2.15. The predicted octanol–water partition coefficient (Wildman–Crippen LogP) is 4.43. The zero-order valence-electron chi connectivity index (χ0n) is 11.7. The highest BCUT2D eigenvalue weighted by atomic mass is 79.9. The van der Waals surface area contributed by atoms with Crippen molar-refractivity contribution in [1.29, 1.82) is 0 Å². The zero-order valence-corrected chi connectivity index (χ0v) is 13.3. The molecular weight excluding hydrogens is 330 g/mol. The molecule has 1 unspecified atom stereocenters. The van der Waals surface area contributed by atoms with Gasteiger partial charge in [-0.3, -0.25) is 4.79 Å². The van der Waals surface area contributed by atoms with E-state index in [0.29, 0.717) is 18.8 Å². The van der Waals surface area contributed by atoms with Gasteiger partial charge in [0.2, 0.25) is 0 Å². The van der Waals surface area contributed by atoms with Gasteiger partial charge in [-0.05, 0) is 41.8 Å². The van der Waals surface area contributed by atoms with E-state index >= 15 is 0 Å². The lowest BCUT2D eigenvalue weighted by Crippen LogP contribution is -2.13. The van der Waals surface area contributed by atoms with Gasteiger partial charge < -0.3 is 10.1 Å². The van der Waals surface area contributed by atoms with Crippen molar-refractivity contribution in [2.45, 2.75) is 25.0 Å². The number of rotatable bonds is 3. The molecule has 2 aromatic carbocycles. The lowest BCUT2D eigenvalue weighted by atomic mass is 10.1. The number of nitrogens with one attached hydrogen (secondary N) is 1. The fourth-order valence-corrected chi connectivity index (χ4v) is 2.86. The molecule has 4 heteroatoms. The number of fused-ring (bicyclic) bond motifs is 1. The Morgan fingerprint density at radius 3 is 2.76 bits per heavy atom. The number of benzene rings is 2. The number of alkyl halides is 1. The number of halogens is 1. The fraction of sp³-hybridized carbons (Fsp3) is 0.235. The van der Waals surface area contributed by atoms with Crippen molar-refractivity contribution in [2.75, 3.05) is 5.32 Å². The van der Waals surface area contributed by atoms with Gasteiger partial charge in [0, 0.05) is 16.1 Å². The summed E-state index contributed by atoms with van der Waals surface area (Å²) < 4.78 is 5.38. The first kappa shape index (κ1) is 14.3. The Balaban J connectivity index is 1.84. The lowest BCUT2D eigenvalue weighted by Gasteiger charge is -2.13. The highest BCUT2D eigenvalue weighted by molar-refractivity contribution is 9.09. The molecule has 3 nitrogen and oxygen atoms in total. The third-order valence-corrected chi connectivity index (χ3v) is 4.11. The van der Waals surface area contributed by atoms with Crippen LogP contribution in [-0.2, 0) is 18.0 Å². The number of amides is 1. The Kier molecular flexibility index (Phi) is 4.08. The summed E-state index contributed by atoms with van der Waals surface area (Å²) in [7, 11) is 0. The monoisotopic (exact) mass is 345 g/mol. The molecule has 0 bridgehead atoms. The van der Waals surface area contributed by atoms with Crippen molar-refractivity contribution in [3.8, 4) is 0 Å². The largest absolute Gasteiger partial charge is 0.372 e. The molecule has 1 atom stereocenters. The topological polar surface area (TPSA) is 38.3 Å². The summed E-state index contributed by atoms with van der Waals surface area (Å²) in [5.74, 6) is -0.0923. The molecule has 21 heavy (non-hydrogen) atoms. The van der Waals surface area contributed by atoms with E-state index in [1.165, 1.54) is 5.56 Å². The molecule has 108 valence electrons. The molecule has 0 fully saturated rings. The van der Waals surface area contributed by atoms with Gasteiger partial charge in [-0.15, -0.1) is 0 Å². The van der Waals surface area contributed by atoms with Gasteiger partial charge in [0.1, 0.15) is 0 Å². The number of hydrogen-bond acceptors (Lipinski definition) is 2. The molecule has 1 aliphatic rings. The van der Waals surface area contributed by atoms with E-state index < -0.39 is 0 Å². The first-order valence-electron chi connectivity index (χ1n) is 6.89. The fourth-order valence-electron chi connectivity index (χ4n) is 2.47. The van der Waals surface area contributed by atoms with Gasteiger partial charge in [-0.25, -0.2) is 0 Å². The van der Waals surface area contributed by atoms with Crippen LogP contribution in [0.3, 0.4) is 0 Å². The minimum absolute atomic E-state index is 0.0923. The van der Waals surface area contributed by atoms with E-state index in [0.717, 1.165) is 16.8 Å². The van der Waals surface area contributed by atoms with Gasteiger partial charge >= 0.3 is 0 Å². The highest BCUT2D eigenvalue weighted by Crippen LogP contribution is 2.29. The Hall–Kier alpha value is -1.65. The van der Waals surface area contributed by atoms with Crippen LogP contribution in [0.5, 0.6) is 0 Å². The predicted molar refractivity (Wildman–Crippen MR) is 86.7 cm³/mol. The summed E-state index contributed by atoms with van der Waals surface area (Å²) >= 11 is 3.55. The molecular formula is C17H16BrNO2. The smallest absolute Gasteiger partial charge is 0.255 e. The molecule has 1 amide bonds. The minimum atomic E-state index is -0.0923. The second-order valence-electron chi connectivity index (χ2n) is 5.13. The van der Waals surface area contributed by atoms with Gasteiger partial charge in [-0.2, -0.15) is 0 Å². The molecule has 3 rings (SSSR count). The van der Waals surface area contributed by atoms with Crippen molar-refractivity contribution in [1.82, 2.24) is 0 Å². The summed E-state index contributed by atoms with van der Waals surface area (Å²) in [6.45, 7) is 3.27. The Bertz CT molecular complexity index is 682. The number of carbonyl (C=O) groups excluding carboxylic acids is 1. The van der Waals surface area contributed by atoms with E-state index in [1.54, 1.807) is 0 Å². The maximum atomic E-state index is 12.4. The molecule has 2 aromatic rings. The van der Waals surface area contributed by atoms with E-state index in [1.807, 2.05) is 49.4 Å². The van der Waals surface area contributed by atoms with Gasteiger partial charge in [0.05, 0.1) is 13.2 Å². The van der Waals surface area contributed by atoms with Crippen LogP contribution in [0.4, 0.5) is 5.69 Å². The maximum absolute atomic E-state index is 12.4. The van der Waals surface area contributed by atoms with Gasteiger partial charge in [-0.1, -0.05) is 40.2 Å². The number of carbonyl (C=O) groups is 1. The van der Waals surface area contributed by atoms with Crippen LogP contribution in [-0.4, -0.2) is 5.91 Å². The van der Waals surface area contributed by atoms with Crippen LogP contribution in [0, 0.1) is 0 Å². The molecule has 0 aliphatic carbocycles. The van der Waals surface area contributed by atoms with Crippen molar-refractivity contribution in [3.63, 3.8) is 0 Å². The van der Waals surface area contributed by atoms with Crippen LogP contribution < -0.4 is 5.32 Å². The second kappa shape index (κ2) is 6.00. The van der Waals surface area contributed by atoms with E-state index in [2.05, 4.69) is 21.2 Å². The van der Waals surface area contributed by atoms with Crippen LogP contribution in [0.25, 0.3) is 0 Å². The van der Waals surface area contributed by atoms with Gasteiger partial charge in [0.25, 0.3) is 5.91 Å². The van der Waals surface area contributed by atoms with Crippen LogP contribution >= 0.6 is 15.9 Å². The molecule has 0 saturated heterocycles. The minimum Gasteiger partial charge on any atom is -0.372 e. The second-order valence-corrected chi connectivity index (χ2v) is 6.51. The standard InChI is InChI=1S/C17H16BrNO2/c1-11(18)15-4-2-3-5-16(15)19-17(20)12-6-7-13-9-21-10-14(13)8-12/h2-8,11H,9-10H2,1H3,(H,19,20). The van der Waals surface area contributed by atoms with Crippen molar-refractivity contribution in [2.24, 2.45) is 0 Å². The van der Waals surface area contributed by atoms with Crippen molar-refractivity contribution < 1.29 is 9.53 Å². The van der Waals surface area contributed by atoms with Crippen LogP contribution in [0.1, 0.15) is 38.8 Å². The number of para-hydroxylation sites is 1. The van der Waals surface area contributed by atoms with Crippen LogP contribution in [0.15, 0.2) is 42.5 Å². The third-order valence-electron chi connectivity index (χ3n) is 3.62. The summed E-state index contributed by atoms with van der Waals surface area (Å²) in [4.78, 5) is 12.6. The molecule has 0 saturated carbocycles. The summed E-state index contributed by atoms with van der Waals surface area (Å²) in [5.41, 5.74) is 4.83. The SMILES string of the molecule is CC(Br)c1ccccc1NC(=O)c1ccc2c(c1)COC2.